The van der Waals surface area contributed by atoms with Gasteiger partial charge < -0.3 is 9.90 Å². The normalized spacial score (nSPS) is 12.5. The van der Waals surface area contributed by atoms with Gasteiger partial charge in [0.25, 0.3) is 0 Å². The number of hydrogen-bond donors (Lipinski definition) is 0. The Hall–Kier alpha value is 0.500. The van der Waals surface area contributed by atoms with E-state index in [1.165, 1.54) is 0 Å². The van der Waals surface area contributed by atoms with Gasteiger partial charge in [-0.25, -0.2) is 0 Å². The third kappa shape index (κ3) is 13.1. The van der Waals surface area contributed by atoms with E-state index >= 15 is 0 Å². The zero-order valence-electron chi connectivity index (χ0n) is 7.55. The molecule has 0 saturated heterocycles. The minimum atomic E-state index is -1.01. The molecule has 0 aliphatic heterocycles. The molecule has 0 heterocycles. The predicted molar refractivity (Wildman–Crippen MR) is 43.3 cm³/mol. The molecule has 0 rings (SSSR count). The molecule has 0 aromatic heterocycles. The summed E-state index contributed by atoms with van der Waals surface area (Å²) in [6, 6.07) is 0. The van der Waals surface area contributed by atoms with Crippen molar-refractivity contribution in [1.82, 2.24) is 0 Å². The van der Waals surface area contributed by atoms with Crippen molar-refractivity contribution >= 4 is 17.6 Å². The molecule has 1 unspecified atom stereocenters. The maximum Gasteiger partial charge on any atom is 1.00 e. The van der Waals surface area contributed by atoms with E-state index in [4.69, 9.17) is 11.6 Å². The molecule has 0 aliphatic carbocycles. The Morgan fingerprint density at radius 1 is 1.58 bits per heavy atom. The minimum Gasteiger partial charge on any atom is -0.550 e. The summed E-state index contributed by atoms with van der Waals surface area (Å²) in [5, 5.41) is 10.0. The quantitative estimate of drug-likeness (QED) is 0.294. The summed E-state index contributed by atoms with van der Waals surface area (Å²) >= 11 is 5.64. The number of alkyl halides is 1. The molecular weight excluding hydrogens is 187 g/mol. The van der Waals surface area contributed by atoms with Crippen LogP contribution in [0.15, 0.2) is 12.2 Å². The van der Waals surface area contributed by atoms with Crippen LogP contribution in [0.1, 0.15) is 26.2 Å². The molecule has 0 radical (unpaired) electrons. The van der Waals surface area contributed by atoms with Gasteiger partial charge in [-0.2, -0.15) is 0 Å². The molecular formula is C8H12ClNaO2. The first-order valence-corrected chi connectivity index (χ1v) is 4.05. The number of carboxylic acids is 1. The maximum absolute atomic E-state index is 9.93. The zero-order valence-corrected chi connectivity index (χ0v) is 10.3. The SMILES string of the molecule is CC(Cl)C/C=C/CCC(=O)[O-].[Na+]. The maximum atomic E-state index is 9.93. The number of hydrogen-bond acceptors (Lipinski definition) is 2. The molecule has 1 atom stereocenters. The number of halogens is 1. The van der Waals surface area contributed by atoms with Crippen LogP contribution in [-0.2, 0) is 4.79 Å². The number of carbonyl (C=O) groups is 1. The van der Waals surface area contributed by atoms with Crippen LogP contribution in [-0.4, -0.2) is 11.3 Å². The molecule has 0 N–H and O–H groups in total. The van der Waals surface area contributed by atoms with Gasteiger partial charge in [0.1, 0.15) is 0 Å². The smallest absolute Gasteiger partial charge is 0.550 e. The Morgan fingerprint density at radius 3 is 2.58 bits per heavy atom. The molecule has 0 aromatic rings. The van der Waals surface area contributed by atoms with E-state index in [9.17, 15) is 9.90 Å². The van der Waals surface area contributed by atoms with E-state index in [0.717, 1.165) is 6.42 Å². The fraction of sp³-hybridized carbons (Fsp3) is 0.625. The van der Waals surface area contributed by atoms with Crippen LogP contribution in [0, 0.1) is 0 Å². The Kier molecular flexibility index (Phi) is 12.0. The molecule has 0 bridgehead atoms. The molecule has 2 nitrogen and oxygen atoms in total. The summed E-state index contributed by atoms with van der Waals surface area (Å²) in [5.41, 5.74) is 0. The van der Waals surface area contributed by atoms with E-state index in [1.54, 1.807) is 0 Å². The Labute approximate surface area is 100 Å². The summed E-state index contributed by atoms with van der Waals surface area (Å²) in [6.07, 6.45) is 5.11. The Morgan fingerprint density at radius 2 is 2.17 bits per heavy atom. The number of rotatable bonds is 5. The van der Waals surface area contributed by atoms with Gasteiger partial charge in [0, 0.05) is 11.3 Å². The minimum absolute atomic E-state index is 0. The average Bonchev–Trinajstić information content (AvgIpc) is 1.85. The van der Waals surface area contributed by atoms with Crippen LogP contribution in [0.5, 0.6) is 0 Å². The molecule has 64 valence electrons. The number of allylic oxidation sites excluding steroid dienone is 2. The van der Waals surface area contributed by atoms with Crippen molar-refractivity contribution in [3.63, 3.8) is 0 Å². The molecule has 0 aliphatic rings. The topological polar surface area (TPSA) is 40.1 Å². The van der Waals surface area contributed by atoms with Crippen LogP contribution >= 0.6 is 11.6 Å². The average molecular weight is 199 g/mol. The van der Waals surface area contributed by atoms with Gasteiger partial charge in [-0.1, -0.05) is 12.2 Å². The fourth-order valence-corrected chi connectivity index (χ4v) is 0.706. The van der Waals surface area contributed by atoms with Crippen molar-refractivity contribution in [2.75, 3.05) is 0 Å². The summed E-state index contributed by atoms with van der Waals surface area (Å²) in [5.74, 6) is -1.01. The Bertz CT molecular complexity index is 146. The van der Waals surface area contributed by atoms with Gasteiger partial charge in [0.15, 0.2) is 0 Å². The Balaban J connectivity index is 0. The monoisotopic (exact) mass is 198 g/mol. The van der Waals surface area contributed by atoms with Crippen molar-refractivity contribution in [3.8, 4) is 0 Å². The van der Waals surface area contributed by atoms with E-state index in [0.29, 0.717) is 6.42 Å². The number of aliphatic carboxylic acids is 1. The van der Waals surface area contributed by atoms with Crippen LogP contribution < -0.4 is 34.7 Å². The van der Waals surface area contributed by atoms with Crippen LogP contribution in [0.2, 0.25) is 0 Å². The molecule has 4 heteroatoms. The zero-order chi connectivity index (χ0) is 8.69. The fourth-order valence-electron chi connectivity index (χ4n) is 0.603. The first-order chi connectivity index (χ1) is 5.13. The summed E-state index contributed by atoms with van der Waals surface area (Å²) in [4.78, 5) is 9.93. The largest absolute Gasteiger partial charge is 1.00 e. The van der Waals surface area contributed by atoms with Gasteiger partial charge in [0.05, 0.1) is 0 Å². The van der Waals surface area contributed by atoms with Crippen molar-refractivity contribution in [2.45, 2.75) is 31.6 Å². The predicted octanol–water partition coefficient (Wildman–Crippen LogP) is -1.91. The molecule has 0 aromatic carbocycles. The summed E-state index contributed by atoms with van der Waals surface area (Å²) in [7, 11) is 0. The van der Waals surface area contributed by atoms with Gasteiger partial charge in [-0.05, 0) is 26.2 Å². The van der Waals surface area contributed by atoms with Gasteiger partial charge in [-0.15, -0.1) is 11.6 Å². The van der Waals surface area contributed by atoms with Gasteiger partial charge in [-0.3, -0.25) is 0 Å². The van der Waals surface area contributed by atoms with Gasteiger partial charge >= 0.3 is 29.6 Å². The third-order valence-corrected chi connectivity index (χ3v) is 1.32. The van der Waals surface area contributed by atoms with Crippen LogP contribution in [0.25, 0.3) is 0 Å². The van der Waals surface area contributed by atoms with Crippen LogP contribution in [0.4, 0.5) is 0 Å². The molecule has 0 amide bonds. The van der Waals surface area contributed by atoms with E-state index in [2.05, 4.69) is 0 Å². The van der Waals surface area contributed by atoms with Gasteiger partial charge in [0.2, 0.25) is 0 Å². The number of carbonyl (C=O) groups excluding carboxylic acids is 1. The molecule has 12 heavy (non-hydrogen) atoms. The third-order valence-electron chi connectivity index (χ3n) is 1.14. The van der Waals surface area contributed by atoms with Crippen LogP contribution in [0.3, 0.4) is 0 Å². The standard InChI is InChI=1S/C8H13ClO2.Na/c1-7(9)5-3-2-4-6-8(10)11;/h2-3,7H,4-6H2,1H3,(H,10,11);/q;+1/p-1/b3-2+;. The molecule has 0 spiro atoms. The summed E-state index contributed by atoms with van der Waals surface area (Å²) < 4.78 is 0. The second-order valence-corrected chi connectivity index (χ2v) is 3.14. The van der Waals surface area contributed by atoms with Crippen molar-refractivity contribution in [1.29, 1.82) is 0 Å². The van der Waals surface area contributed by atoms with Crippen molar-refractivity contribution < 1.29 is 39.5 Å². The molecule has 0 saturated carbocycles. The van der Waals surface area contributed by atoms with E-state index in [-0.39, 0.29) is 41.4 Å². The van der Waals surface area contributed by atoms with E-state index < -0.39 is 5.97 Å². The first-order valence-electron chi connectivity index (χ1n) is 3.62. The van der Waals surface area contributed by atoms with E-state index in [1.807, 2.05) is 19.1 Å². The first kappa shape index (κ1) is 15.0. The number of carboxylic acid groups (broad SMARTS) is 1. The second kappa shape index (κ2) is 9.59. The van der Waals surface area contributed by atoms with Crippen molar-refractivity contribution in [2.24, 2.45) is 0 Å². The molecule has 0 fully saturated rings. The second-order valence-electron chi connectivity index (χ2n) is 2.40. The van der Waals surface area contributed by atoms with Crippen molar-refractivity contribution in [3.05, 3.63) is 12.2 Å². The summed E-state index contributed by atoms with van der Waals surface area (Å²) in [6.45, 7) is 1.89.